The third kappa shape index (κ3) is 10.7. The second-order valence-corrected chi connectivity index (χ2v) is 19.4. The van der Waals surface area contributed by atoms with Gasteiger partial charge in [0, 0.05) is 42.1 Å². The van der Waals surface area contributed by atoms with Gasteiger partial charge in [-0.2, -0.15) is 0 Å². The van der Waals surface area contributed by atoms with Crippen molar-refractivity contribution in [2.45, 2.75) is 142 Å². The fourth-order valence-electron chi connectivity index (χ4n) is 10.6. The zero-order valence-corrected chi connectivity index (χ0v) is 40.3. The summed E-state index contributed by atoms with van der Waals surface area (Å²) in [6, 6.07) is 14.3. The summed E-state index contributed by atoms with van der Waals surface area (Å²) < 4.78 is 44.1. The van der Waals surface area contributed by atoms with E-state index in [1.807, 2.05) is 38.1 Å². The van der Waals surface area contributed by atoms with Crippen molar-refractivity contribution in [3.63, 3.8) is 0 Å². The Bertz CT molecular complexity index is 2290. The highest BCUT2D eigenvalue weighted by molar-refractivity contribution is 6.45. The molecule has 3 fully saturated rings. The zero-order chi connectivity index (χ0) is 49.1. The minimum atomic E-state index is -3.32. The summed E-state index contributed by atoms with van der Waals surface area (Å²) in [4.78, 5) is 88.8. The molecule has 2 saturated heterocycles. The molecule has 13 atom stereocenters. The number of rotatable bonds is 12. The first kappa shape index (κ1) is 51.0. The van der Waals surface area contributed by atoms with Crippen LogP contribution in [-0.2, 0) is 44.7 Å². The Morgan fingerprint density at radius 1 is 0.925 bits per heavy atom. The molecule has 67 heavy (non-hydrogen) atoms. The highest BCUT2D eigenvalue weighted by atomic mass is 19.1. The lowest BCUT2D eigenvalue weighted by Gasteiger charge is -2.45. The maximum absolute atomic E-state index is 17.2. The lowest BCUT2D eigenvalue weighted by atomic mass is 9.68. The summed E-state index contributed by atoms with van der Waals surface area (Å²) in [5.74, 6) is -9.94. The number of halogens is 1. The van der Waals surface area contributed by atoms with Crippen LogP contribution in [0.1, 0.15) is 97.9 Å². The number of amides is 1. The van der Waals surface area contributed by atoms with Gasteiger partial charge in [-0.05, 0) is 97.2 Å². The number of carbonyl (C=O) groups is 6. The molecule has 0 spiro atoms. The average molecular weight is 931 g/mol. The molecule has 1 unspecified atom stereocenters. The van der Waals surface area contributed by atoms with Gasteiger partial charge >= 0.3 is 12.1 Å². The number of unbranched alkanes of at least 4 members (excludes halogenated alkanes) is 1. The van der Waals surface area contributed by atoms with Gasteiger partial charge in [0.25, 0.3) is 0 Å². The van der Waals surface area contributed by atoms with Crippen LogP contribution in [0.5, 0.6) is 0 Å². The number of nitrogens with zero attached hydrogens (tertiary/aromatic N) is 5. The van der Waals surface area contributed by atoms with Crippen molar-refractivity contribution in [1.29, 1.82) is 0 Å². The van der Waals surface area contributed by atoms with Gasteiger partial charge in [0.1, 0.15) is 17.1 Å². The van der Waals surface area contributed by atoms with E-state index in [-0.39, 0.29) is 25.2 Å². The Balaban J connectivity index is 1.29. The largest absolute Gasteiger partial charge is 0.452 e. The Hall–Kier alpha value is -5.39. The number of ether oxygens (including phenoxy) is 4. The molecule has 1 aliphatic carbocycles. The van der Waals surface area contributed by atoms with Gasteiger partial charge in [0.2, 0.25) is 17.2 Å². The summed E-state index contributed by atoms with van der Waals surface area (Å²) >= 11 is 0. The Labute approximate surface area is 392 Å². The molecule has 1 aromatic heterocycles. The van der Waals surface area contributed by atoms with E-state index < -0.39 is 107 Å². The smallest absolute Gasteiger partial charge is 0.410 e. The van der Waals surface area contributed by atoms with Gasteiger partial charge in [-0.3, -0.25) is 23.9 Å². The first-order valence-corrected chi connectivity index (χ1v) is 23.4. The molecule has 3 aliphatic rings. The van der Waals surface area contributed by atoms with E-state index in [0.29, 0.717) is 42.8 Å². The van der Waals surface area contributed by atoms with E-state index in [2.05, 4.69) is 10.3 Å². The van der Waals surface area contributed by atoms with Crippen molar-refractivity contribution in [1.82, 2.24) is 24.8 Å². The molecule has 1 saturated carbocycles. The first-order valence-electron chi connectivity index (χ1n) is 23.4. The van der Waals surface area contributed by atoms with Crippen molar-refractivity contribution in [3.05, 3.63) is 66.4 Å². The number of aryl methyl sites for hydroxylation is 1. The molecule has 364 valence electrons. The van der Waals surface area contributed by atoms with Gasteiger partial charge < -0.3 is 34.5 Å². The SMILES string of the molecule is CCC1C(=O)C(=O)[C@@](C)(F)C(=O)[C@@H](C)[C@H](O[C@@H]2O[C@H](C)C[C@H](N(C)C)[C@H]2OC(=O)c2ccccc2)[C@H](C)C[C@@H](C)C(=O)[C@H](C)[C@H]2N(CCCCn3cc(-c4cccc(N)c4)nn3)C(=O)O[C@@]12C. The summed E-state index contributed by atoms with van der Waals surface area (Å²) in [5, 5.41) is 8.51. The lowest BCUT2D eigenvalue weighted by Crippen LogP contribution is -2.60. The molecule has 0 radical (unpaired) electrons. The molecule has 3 aromatic rings. The lowest BCUT2D eigenvalue weighted by molar-refractivity contribution is -0.277. The normalized spacial score (nSPS) is 33.3. The molecule has 0 bridgehead atoms. The number of anilines is 1. The van der Waals surface area contributed by atoms with Crippen LogP contribution in [0.25, 0.3) is 11.3 Å². The van der Waals surface area contributed by atoms with Gasteiger partial charge in [-0.15, -0.1) is 5.10 Å². The van der Waals surface area contributed by atoms with Crippen LogP contribution in [0.3, 0.4) is 0 Å². The number of ketones is 4. The van der Waals surface area contributed by atoms with Crippen LogP contribution in [-0.4, -0.2) is 129 Å². The fourth-order valence-corrected chi connectivity index (χ4v) is 10.6. The summed E-state index contributed by atoms with van der Waals surface area (Å²) in [6.45, 7) is 13.0. The predicted molar refractivity (Wildman–Crippen MR) is 246 cm³/mol. The summed E-state index contributed by atoms with van der Waals surface area (Å²) in [5.41, 5.74) is 3.24. The second-order valence-electron chi connectivity index (χ2n) is 19.4. The van der Waals surface area contributed by atoms with Gasteiger partial charge in [-0.25, -0.2) is 14.0 Å². The maximum Gasteiger partial charge on any atom is 0.410 e. The molecule has 2 N–H and O–H groups in total. The highest BCUT2D eigenvalue weighted by Gasteiger charge is 2.62. The van der Waals surface area contributed by atoms with Crippen LogP contribution < -0.4 is 5.73 Å². The number of Topliss-reactive ketones (excluding diaryl/α,β-unsaturated/α-hetero) is 4. The predicted octanol–water partition coefficient (Wildman–Crippen LogP) is 6.54. The minimum absolute atomic E-state index is 0.0627. The molecular formula is C50H67FN6O10. The zero-order valence-electron chi connectivity index (χ0n) is 40.3. The molecule has 3 heterocycles. The molecular weight excluding hydrogens is 864 g/mol. The number of aromatic nitrogens is 3. The number of carbonyl (C=O) groups excluding carboxylic acids is 6. The number of hydrogen-bond acceptors (Lipinski definition) is 14. The number of benzene rings is 2. The van der Waals surface area contributed by atoms with Crippen molar-refractivity contribution in [3.8, 4) is 11.3 Å². The number of nitrogens with two attached hydrogens (primary N) is 1. The number of nitrogen functional groups attached to an aromatic ring is 1. The summed E-state index contributed by atoms with van der Waals surface area (Å²) in [6.07, 6.45) is -1.31. The standard InChI is InChI=1S/C50H67FN6O10/c1-11-36-40(59)45(61)49(7,51)44(60)32(6)41(66-47-42(38(55(9)10)25-30(4)64-47)65-46(62)33-18-13-12-14-19-33)29(3)24-28(2)39(58)31(5)43-50(36,8)67-48(63)57(43)23-16-15-22-56-27-37(53-54-56)34-20-17-21-35(52)26-34/h12-14,17-21,26-32,36,38,41-43,47H,11,15-16,22-25,52H2,1-10H3/t28-,29-,30-,31+,32+,36?,38+,41-,42-,43-,47+,49+,50+/m1/s1. The fraction of sp³-hybridized carbons (Fsp3) is 0.600. The van der Waals surface area contributed by atoms with E-state index in [0.717, 1.165) is 12.5 Å². The van der Waals surface area contributed by atoms with Crippen molar-refractivity contribution in [2.24, 2.45) is 29.6 Å². The van der Waals surface area contributed by atoms with Crippen LogP contribution in [0.15, 0.2) is 60.8 Å². The number of esters is 1. The Morgan fingerprint density at radius 3 is 2.27 bits per heavy atom. The molecule has 2 aromatic carbocycles. The van der Waals surface area contributed by atoms with Crippen molar-refractivity contribution in [2.75, 3.05) is 26.4 Å². The van der Waals surface area contributed by atoms with Gasteiger partial charge in [-0.1, -0.05) is 70.2 Å². The topological polar surface area (TPSA) is 203 Å². The van der Waals surface area contributed by atoms with E-state index in [9.17, 15) is 28.8 Å². The third-order valence-electron chi connectivity index (χ3n) is 14.1. The first-order chi connectivity index (χ1) is 31.6. The van der Waals surface area contributed by atoms with Crippen molar-refractivity contribution < 1.29 is 52.1 Å². The van der Waals surface area contributed by atoms with E-state index in [1.54, 1.807) is 81.0 Å². The van der Waals surface area contributed by atoms with E-state index in [1.165, 1.54) is 18.7 Å². The molecule has 2 aliphatic heterocycles. The molecule has 6 rings (SSSR count). The van der Waals surface area contributed by atoms with Crippen LogP contribution in [0.2, 0.25) is 0 Å². The maximum atomic E-state index is 17.2. The number of likely N-dealkylation sites (N-methyl/N-ethyl adjacent to an activating group) is 1. The average Bonchev–Trinajstić information content (AvgIpc) is 3.87. The Kier molecular flexibility index (Phi) is 15.9. The number of fused-ring (bicyclic) bond motifs is 1. The second kappa shape index (κ2) is 20.9. The van der Waals surface area contributed by atoms with Gasteiger partial charge in [0.15, 0.2) is 18.2 Å². The molecule has 17 heteroatoms. The Morgan fingerprint density at radius 2 is 1.61 bits per heavy atom. The highest BCUT2D eigenvalue weighted by Crippen LogP contribution is 2.44. The third-order valence-corrected chi connectivity index (χ3v) is 14.1. The van der Waals surface area contributed by atoms with E-state index >= 15 is 4.39 Å². The monoisotopic (exact) mass is 930 g/mol. The minimum Gasteiger partial charge on any atom is -0.452 e. The molecule has 1 amide bonds. The quantitative estimate of drug-likeness (QED) is 0.0674. The molecule has 16 nitrogen and oxygen atoms in total. The number of hydrogen-bond donors (Lipinski definition) is 1. The van der Waals surface area contributed by atoms with Crippen LogP contribution in [0, 0.1) is 29.6 Å². The number of alkyl halides is 1. The van der Waals surface area contributed by atoms with Crippen molar-refractivity contribution >= 4 is 40.9 Å². The van der Waals surface area contributed by atoms with E-state index in [4.69, 9.17) is 24.7 Å². The van der Waals surface area contributed by atoms with Gasteiger partial charge in [0.05, 0.1) is 42.0 Å². The van der Waals surface area contributed by atoms with Crippen LogP contribution >= 0.6 is 0 Å². The van der Waals surface area contributed by atoms with Crippen LogP contribution in [0.4, 0.5) is 14.9 Å². The summed E-state index contributed by atoms with van der Waals surface area (Å²) in [7, 11) is 3.67.